The number of alkyl carbamates (subject to hydrolysis) is 1. The van der Waals surface area contributed by atoms with E-state index in [2.05, 4.69) is 12.2 Å². The molecule has 0 aromatic carbocycles. The Morgan fingerprint density at radius 2 is 1.79 bits per heavy atom. The first-order valence-electron chi connectivity index (χ1n) is 6.92. The van der Waals surface area contributed by atoms with E-state index in [1.54, 1.807) is 27.7 Å². The summed E-state index contributed by atoms with van der Waals surface area (Å²) in [6, 6.07) is -0.693. The van der Waals surface area contributed by atoms with Crippen molar-refractivity contribution in [3.8, 4) is 0 Å². The summed E-state index contributed by atoms with van der Waals surface area (Å²) in [7, 11) is 0. The topological polar surface area (TPSA) is 64.6 Å². The average Bonchev–Trinajstić information content (AvgIpc) is 2.25. The van der Waals surface area contributed by atoms with Gasteiger partial charge in [0.1, 0.15) is 11.6 Å². The fourth-order valence-corrected chi connectivity index (χ4v) is 1.37. The van der Waals surface area contributed by atoms with Crippen molar-refractivity contribution in [2.75, 3.05) is 6.61 Å². The van der Waals surface area contributed by atoms with Gasteiger partial charge in [0.05, 0.1) is 6.61 Å². The van der Waals surface area contributed by atoms with Crippen LogP contribution in [0.1, 0.15) is 60.3 Å². The molecule has 1 N–H and O–H groups in total. The number of rotatable bonds is 7. The molecule has 0 aliphatic heterocycles. The maximum Gasteiger partial charge on any atom is 0.408 e. The summed E-state index contributed by atoms with van der Waals surface area (Å²) >= 11 is 0. The quantitative estimate of drug-likeness (QED) is 0.572. The summed E-state index contributed by atoms with van der Waals surface area (Å²) in [5.41, 5.74) is -0.576. The van der Waals surface area contributed by atoms with Gasteiger partial charge in [-0.05, 0) is 34.1 Å². The minimum atomic E-state index is -0.693. The molecular formula is C14H27NO4. The lowest BCUT2D eigenvalue weighted by Gasteiger charge is -2.21. The fourth-order valence-electron chi connectivity index (χ4n) is 1.37. The molecule has 0 aliphatic carbocycles. The van der Waals surface area contributed by atoms with Crippen LogP contribution in [0, 0.1) is 0 Å². The number of carbonyl (C=O) groups is 2. The third-order valence-electron chi connectivity index (χ3n) is 2.33. The first-order chi connectivity index (χ1) is 8.76. The van der Waals surface area contributed by atoms with Crippen LogP contribution in [0.5, 0.6) is 0 Å². The first-order valence-corrected chi connectivity index (χ1v) is 6.92. The highest BCUT2D eigenvalue weighted by atomic mass is 16.6. The Morgan fingerprint density at radius 1 is 1.16 bits per heavy atom. The Kier molecular flexibility index (Phi) is 8.19. The summed E-state index contributed by atoms with van der Waals surface area (Å²) < 4.78 is 10.1. The Hall–Kier alpha value is -1.26. The summed E-state index contributed by atoms with van der Waals surface area (Å²) in [6.07, 6.45) is 3.59. The van der Waals surface area contributed by atoms with Gasteiger partial charge in [-0.25, -0.2) is 9.59 Å². The van der Waals surface area contributed by atoms with Crippen molar-refractivity contribution < 1.29 is 19.1 Å². The van der Waals surface area contributed by atoms with Crippen LogP contribution >= 0.6 is 0 Å². The lowest BCUT2D eigenvalue weighted by Crippen LogP contribution is -2.42. The molecule has 112 valence electrons. The van der Waals surface area contributed by atoms with Crippen LogP contribution in [0.25, 0.3) is 0 Å². The number of nitrogens with one attached hydrogen (secondary N) is 1. The number of carbonyl (C=O) groups excluding carboxylic acids is 2. The predicted octanol–water partition coefficient (Wildman–Crippen LogP) is 3.02. The van der Waals surface area contributed by atoms with Crippen molar-refractivity contribution in [3.63, 3.8) is 0 Å². The molecule has 0 saturated heterocycles. The Labute approximate surface area is 116 Å². The molecule has 0 spiro atoms. The zero-order chi connectivity index (χ0) is 14.9. The lowest BCUT2D eigenvalue weighted by molar-refractivity contribution is -0.145. The van der Waals surface area contributed by atoms with Gasteiger partial charge in [0, 0.05) is 0 Å². The van der Waals surface area contributed by atoms with Crippen molar-refractivity contribution in [3.05, 3.63) is 0 Å². The minimum absolute atomic E-state index is 0.402. The summed E-state index contributed by atoms with van der Waals surface area (Å²) in [5.74, 6) is -0.428. The number of ether oxygens (including phenoxy) is 2. The Bertz CT molecular complexity index is 284. The van der Waals surface area contributed by atoms with Gasteiger partial charge in [-0.15, -0.1) is 0 Å². The summed E-state index contributed by atoms with van der Waals surface area (Å²) in [6.45, 7) is 9.41. The van der Waals surface area contributed by atoms with E-state index >= 15 is 0 Å². The number of hydrogen-bond acceptors (Lipinski definition) is 4. The van der Waals surface area contributed by atoms with Crippen LogP contribution in [-0.2, 0) is 14.3 Å². The second-order valence-electron chi connectivity index (χ2n) is 5.60. The van der Waals surface area contributed by atoms with Crippen molar-refractivity contribution in [1.29, 1.82) is 0 Å². The maximum atomic E-state index is 11.6. The molecule has 19 heavy (non-hydrogen) atoms. The van der Waals surface area contributed by atoms with E-state index in [-0.39, 0.29) is 0 Å². The zero-order valence-electron chi connectivity index (χ0n) is 12.7. The molecule has 0 aromatic heterocycles. The Balaban J connectivity index is 3.84. The molecular weight excluding hydrogens is 246 g/mol. The number of hydrogen-bond donors (Lipinski definition) is 1. The standard InChI is InChI=1S/C14H27NO4/c1-6-7-8-9-10-18-12(16)11(2)15-13(17)19-14(3,4)5/h11H,6-10H2,1-5H3,(H,15,17)/t11-/m0/s1. The lowest BCUT2D eigenvalue weighted by atomic mass is 10.2. The van der Waals surface area contributed by atoms with E-state index in [0.717, 1.165) is 25.7 Å². The molecule has 0 rings (SSSR count). The van der Waals surface area contributed by atoms with Crippen LogP contribution in [0.4, 0.5) is 4.79 Å². The SMILES string of the molecule is CCCCCCOC(=O)[C@H](C)NC(=O)OC(C)(C)C. The van der Waals surface area contributed by atoms with E-state index in [1.807, 2.05) is 0 Å². The third kappa shape index (κ3) is 10.4. The average molecular weight is 273 g/mol. The summed E-state index contributed by atoms with van der Waals surface area (Å²) in [4.78, 5) is 23.0. The van der Waals surface area contributed by atoms with E-state index < -0.39 is 23.7 Å². The first kappa shape index (κ1) is 17.7. The second kappa shape index (κ2) is 8.77. The molecule has 0 radical (unpaired) electrons. The van der Waals surface area contributed by atoms with Crippen LogP contribution < -0.4 is 5.32 Å². The number of esters is 1. The van der Waals surface area contributed by atoms with Gasteiger partial charge in [0.15, 0.2) is 0 Å². The molecule has 0 bridgehead atoms. The van der Waals surface area contributed by atoms with E-state index in [9.17, 15) is 9.59 Å². The molecule has 0 heterocycles. The molecule has 0 saturated carbocycles. The van der Waals surface area contributed by atoms with Crippen molar-refractivity contribution in [2.24, 2.45) is 0 Å². The van der Waals surface area contributed by atoms with Gasteiger partial charge in [0.25, 0.3) is 0 Å². The summed E-state index contributed by atoms with van der Waals surface area (Å²) in [5, 5.41) is 2.45. The van der Waals surface area contributed by atoms with Crippen molar-refractivity contribution in [2.45, 2.75) is 71.9 Å². The molecule has 0 unspecified atom stereocenters. The fraction of sp³-hybridized carbons (Fsp3) is 0.857. The van der Waals surface area contributed by atoms with Crippen LogP contribution in [-0.4, -0.2) is 30.3 Å². The highest BCUT2D eigenvalue weighted by molar-refractivity contribution is 5.80. The molecule has 1 amide bonds. The maximum absolute atomic E-state index is 11.6. The normalized spacial score (nSPS) is 12.7. The zero-order valence-corrected chi connectivity index (χ0v) is 12.7. The van der Waals surface area contributed by atoms with Gasteiger partial charge in [0.2, 0.25) is 0 Å². The minimum Gasteiger partial charge on any atom is -0.464 e. The molecule has 1 atom stereocenters. The van der Waals surface area contributed by atoms with E-state index in [0.29, 0.717) is 6.61 Å². The largest absolute Gasteiger partial charge is 0.464 e. The molecule has 5 heteroatoms. The third-order valence-corrected chi connectivity index (χ3v) is 2.33. The molecule has 0 aromatic rings. The van der Waals surface area contributed by atoms with Gasteiger partial charge in [-0.3, -0.25) is 0 Å². The van der Waals surface area contributed by atoms with Crippen molar-refractivity contribution >= 4 is 12.1 Å². The van der Waals surface area contributed by atoms with Crippen molar-refractivity contribution in [1.82, 2.24) is 5.32 Å². The van der Waals surface area contributed by atoms with E-state index in [1.165, 1.54) is 0 Å². The van der Waals surface area contributed by atoms with Gasteiger partial charge in [-0.2, -0.15) is 0 Å². The van der Waals surface area contributed by atoms with Gasteiger partial charge < -0.3 is 14.8 Å². The van der Waals surface area contributed by atoms with Crippen LogP contribution in [0.3, 0.4) is 0 Å². The van der Waals surface area contributed by atoms with E-state index in [4.69, 9.17) is 9.47 Å². The smallest absolute Gasteiger partial charge is 0.408 e. The van der Waals surface area contributed by atoms with Gasteiger partial charge >= 0.3 is 12.1 Å². The number of amides is 1. The molecule has 0 fully saturated rings. The monoisotopic (exact) mass is 273 g/mol. The molecule has 0 aliphatic rings. The Morgan fingerprint density at radius 3 is 2.32 bits per heavy atom. The second-order valence-corrected chi connectivity index (χ2v) is 5.60. The highest BCUT2D eigenvalue weighted by Crippen LogP contribution is 2.07. The van der Waals surface area contributed by atoms with Crippen LogP contribution in [0.15, 0.2) is 0 Å². The van der Waals surface area contributed by atoms with Gasteiger partial charge in [-0.1, -0.05) is 26.2 Å². The predicted molar refractivity (Wildman–Crippen MR) is 73.9 cm³/mol. The highest BCUT2D eigenvalue weighted by Gasteiger charge is 2.21. The number of unbranched alkanes of at least 4 members (excludes halogenated alkanes) is 3. The van der Waals surface area contributed by atoms with Crippen LogP contribution in [0.2, 0.25) is 0 Å². The molecule has 5 nitrogen and oxygen atoms in total.